The van der Waals surface area contributed by atoms with Crippen molar-refractivity contribution < 1.29 is 4.74 Å². The first-order valence-corrected chi connectivity index (χ1v) is 9.50. The van der Waals surface area contributed by atoms with Crippen LogP contribution in [0.25, 0.3) is 12.2 Å². The highest BCUT2D eigenvalue weighted by molar-refractivity contribution is 5.68. The molecule has 0 bridgehead atoms. The van der Waals surface area contributed by atoms with Gasteiger partial charge in [0.1, 0.15) is 11.6 Å². The molecule has 0 atom stereocenters. The third-order valence-electron chi connectivity index (χ3n) is 4.50. The Balaban J connectivity index is 1.58. The van der Waals surface area contributed by atoms with Crippen molar-refractivity contribution in [3.8, 4) is 0 Å². The summed E-state index contributed by atoms with van der Waals surface area (Å²) in [6.45, 7) is 3.52. The largest absolute Gasteiger partial charge is 0.381 e. The van der Waals surface area contributed by atoms with E-state index in [9.17, 15) is 0 Å². The Morgan fingerprint density at radius 2 is 1.79 bits per heavy atom. The highest BCUT2D eigenvalue weighted by Gasteiger charge is 2.15. The Hall–Kier alpha value is -3.19. The lowest BCUT2D eigenvalue weighted by molar-refractivity contribution is 0.0904. The normalized spacial score (nSPS) is 15.0. The molecule has 3 aromatic rings. The van der Waals surface area contributed by atoms with Crippen LogP contribution in [0.1, 0.15) is 29.9 Å². The van der Waals surface area contributed by atoms with E-state index in [0.717, 1.165) is 48.9 Å². The Morgan fingerprint density at radius 3 is 2.54 bits per heavy atom. The summed E-state index contributed by atoms with van der Waals surface area (Å²) in [7, 11) is 0. The third-order valence-corrected chi connectivity index (χ3v) is 4.50. The van der Waals surface area contributed by atoms with Gasteiger partial charge in [-0.25, -0.2) is 9.97 Å². The highest BCUT2D eigenvalue weighted by atomic mass is 16.5. The second-order valence-corrected chi connectivity index (χ2v) is 6.83. The summed E-state index contributed by atoms with van der Waals surface area (Å²) in [4.78, 5) is 9.29. The molecule has 1 aliphatic rings. The van der Waals surface area contributed by atoms with Gasteiger partial charge in [0.05, 0.1) is 0 Å². The fourth-order valence-electron chi connectivity index (χ4n) is 3.08. The van der Waals surface area contributed by atoms with E-state index in [1.165, 1.54) is 0 Å². The molecule has 0 radical (unpaired) electrons. The monoisotopic (exact) mass is 376 g/mol. The van der Waals surface area contributed by atoms with Crippen LogP contribution in [-0.2, 0) is 4.74 Å². The zero-order valence-corrected chi connectivity index (χ0v) is 15.9. The summed E-state index contributed by atoms with van der Waals surface area (Å²) in [6, 6.07) is 14.3. The van der Waals surface area contributed by atoms with E-state index in [0.29, 0.717) is 17.7 Å². The standard InChI is InChI=1S/C21H24N6O/c1-15-13-21(27-26-15)25-20-14-19(22-17-9-11-28-12-10-17)23-18(24-20)8-7-16-5-3-2-4-6-16/h2-8,13-14,17H,9-12H2,1H3,(H3,22,23,24,25,26,27)/b8-7+. The van der Waals surface area contributed by atoms with Crippen molar-refractivity contribution in [3.05, 3.63) is 59.5 Å². The number of anilines is 3. The van der Waals surface area contributed by atoms with Crippen LogP contribution in [0.15, 0.2) is 42.5 Å². The number of aromatic nitrogens is 4. The molecule has 0 spiro atoms. The molecule has 7 heteroatoms. The lowest BCUT2D eigenvalue weighted by Gasteiger charge is -2.23. The summed E-state index contributed by atoms with van der Waals surface area (Å²) in [5.41, 5.74) is 2.09. The second kappa shape index (κ2) is 8.67. The minimum Gasteiger partial charge on any atom is -0.381 e. The molecule has 0 amide bonds. The molecule has 1 aliphatic heterocycles. The number of rotatable bonds is 6. The zero-order chi connectivity index (χ0) is 19.2. The number of nitrogens with zero attached hydrogens (tertiary/aromatic N) is 3. The number of hydrogen-bond acceptors (Lipinski definition) is 6. The molecule has 0 saturated carbocycles. The maximum Gasteiger partial charge on any atom is 0.156 e. The Kier molecular flexibility index (Phi) is 5.63. The number of aryl methyl sites for hydroxylation is 1. The number of nitrogens with one attached hydrogen (secondary N) is 3. The maximum atomic E-state index is 5.45. The van der Waals surface area contributed by atoms with Crippen LogP contribution in [0.5, 0.6) is 0 Å². The van der Waals surface area contributed by atoms with Crippen LogP contribution in [0.2, 0.25) is 0 Å². The quantitative estimate of drug-likeness (QED) is 0.602. The number of H-pyrrole nitrogens is 1. The van der Waals surface area contributed by atoms with Crippen LogP contribution in [0.4, 0.5) is 17.5 Å². The molecule has 7 nitrogen and oxygen atoms in total. The molecular formula is C21H24N6O. The summed E-state index contributed by atoms with van der Waals surface area (Å²) in [5.74, 6) is 2.86. The molecule has 4 rings (SSSR count). The minimum absolute atomic E-state index is 0.357. The Bertz CT molecular complexity index is 931. The van der Waals surface area contributed by atoms with Gasteiger partial charge in [0.2, 0.25) is 0 Å². The maximum absolute atomic E-state index is 5.45. The lowest BCUT2D eigenvalue weighted by Crippen LogP contribution is -2.28. The van der Waals surface area contributed by atoms with Crippen molar-refractivity contribution in [1.82, 2.24) is 20.2 Å². The van der Waals surface area contributed by atoms with Crippen LogP contribution in [0, 0.1) is 6.92 Å². The fraction of sp³-hybridized carbons (Fsp3) is 0.286. The second-order valence-electron chi connectivity index (χ2n) is 6.83. The number of benzene rings is 1. The molecule has 1 aromatic carbocycles. The molecule has 0 unspecified atom stereocenters. The van der Waals surface area contributed by atoms with Crippen molar-refractivity contribution in [1.29, 1.82) is 0 Å². The van der Waals surface area contributed by atoms with E-state index in [4.69, 9.17) is 4.74 Å². The SMILES string of the molecule is Cc1cc(Nc2cc(NC3CCOCC3)nc(/C=C/c3ccccc3)n2)n[nH]1. The molecule has 0 aliphatic carbocycles. The predicted molar refractivity (Wildman–Crippen MR) is 111 cm³/mol. The summed E-state index contributed by atoms with van der Waals surface area (Å²) in [5, 5.41) is 13.9. The Labute approximate surface area is 164 Å². The first kappa shape index (κ1) is 18.2. The van der Waals surface area contributed by atoms with E-state index in [2.05, 4.69) is 30.8 Å². The minimum atomic E-state index is 0.357. The third kappa shape index (κ3) is 4.95. The zero-order valence-electron chi connectivity index (χ0n) is 15.9. The van der Waals surface area contributed by atoms with Gasteiger partial charge in [0.15, 0.2) is 11.6 Å². The van der Waals surface area contributed by atoms with Crippen LogP contribution in [-0.4, -0.2) is 39.4 Å². The predicted octanol–water partition coefficient (Wildman–Crippen LogP) is 4.01. The molecular weight excluding hydrogens is 352 g/mol. The van der Waals surface area contributed by atoms with E-state index in [-0.39, 0.29) is 0 Å². The van der Waals surface area contributed by atoms with Gasteiger partial charge in [-0.15, -0.1) is 0 Å². The number of hydrogen-bond donors (Lipinski definition) is 3. The molecule has 144 valence electrons. The van der Waals surface area contributed by atoms with Crippen molar-refractivity contribution in [3.63, 3.8) is 0 Å². The van der Waals surface area contributed by atoms with E-state index in [1.54, 1.807) is 0 Å². The van der Waals surface area contributed by atoms with Gasteiger partial charge in [0, 0.05) is 37.1 Å². The smallest absolute Gasteiger partial charge is 0.156 e. The van der Waals surface area contributed by atoms with Crippen LogP contribution in [0.3, 0.4) is 0 Å². The average Bonchev–Trinajstić information content (AvgIpc) is 3.12. The topological polar surface area (TPSA) is 87.8 Å². The first-order chi connectivity index (χ1) is 13.7. The van der Waals surface area contributed by atoms with Crippen molar-refractivity contribution >= 4 is 29.6 Å². The summed E-state index contributed by atoms with van der Waals surface area (Å²) < 4.78 is 5.45. The average molecular weight is 376 g/mol. The van der Waals surface area contributed by atoms with Gasteiger partial charge in [-0.05, 0) is 31.4 Å². The fourth-order valence-corrected chi connectivity index (χ4v) is 3.08. The van der Waals surface area contributed by atoms with Gasteiger partial charge in [0.25, 0.3) is 0 Å². The van der Waals surface area contributed by atoms with E-state index < -0.39 is 0 Å². The molecule has 28 heavy (non-hydrogen) atoms. The lowest BCUT2D eigenvalue weighted by atomic mass is 10.1. The van der Waals surface area contributed by atoms with E-state index >= 15 is 0 Å². The molecule has 1 saturated heterocycles. The van der Waals surface area contributed by atoms with Gasteiger partial charge >= 0.3 is 0 Å². The number of ether oxygens (including phenoxy) is 1. The molecule has 2 aromatic heterocycles. The van der Waals surface area contributed by atoms with Gasteiger partial charge < -0.3 is 15.4 Å². The molecule has 1 fully saturated rings. The van der Waals surface area contributed by atoms with Crippen molar-refractivity contribution in [2.24, 2.45) is 0 Å². The van der Waals surface area contributed by atoms with Crippen molar-refractivity contribution in [2.45, 2.75) is 25.8 Å². The van der Waals surface area contributed by atoms with Crippen LogP contribution >= 0.6 is 0 Å². The highest BCUT2D eigenvalue weighted by Crippen LogP contribution is 2.20. The van der Waals surface area contributed by atoms with E-state index in [1.807, 2.05) is 61.5 Å². The molecule has 3 N–H and O–H groups in total. The first-order valence-electron chi connectivity index (χ1n) is 9.50. The van der Waals surface area contributed by atoms with Crippen molar-refractivity contribution in [2.75, 3.05) is 23.8 Å². The van der Waals surface area contributed by atoms with Gasteiger partial charge in [-0.1, -0.05) is 36.4 Å². The summed E-state index contributed by atoms with van der Waals surface area (Å²) >= 11 is 0. The van der Waals surface area contributed by atoms with Gasteiger partial charge in [-0.3, -0.25) is 5.10 Å². The Morgan fingerprint density at radius 1 is 1.00 bits per heavy atom. The van der Waals surface area contributed by atoms with Gasteiger partial charge in [-0.2, -0.15) is 5.10 Å². The summed E-state index contributed by atoms with van der Waals surface area (Å²) in [6.07, 6.45) is 5.88. The van der Waals surface area contributed by atoms with Crippen LogP contribution < -0.4 is 10.6 Å². The molecule has 3 heterocycles. The number of aromatic amines is 1.